The largest absolute Gasteiger partial charge is 0.273 e. The van der Waals surface area contributed by atoms with Crippen molar-refractivity contribution in [1.82, 2.24) is 0 Å². The van der Waals surface area contributed by atoms with Crippen molar-refractivity contribution in [2.24, 2.45) is 0 Å². The first-order valence-electron chi connectivity index (χ1n) is 5.80. The normalized spacial score (nSPS) is 16.6. The molecule has 2 aromatic rings. The Labute approximate surface area is 95.5 Å². The summed E-state index contributed by atoms with van der Waals surface area (Å²) in [6, 6.07) is 13.1. The summed E-state index contributed by atoms with van der Waals surface area (Å²) >= 11 is 0. The lowest BCUT2D eigenvalue weighted by atomic mass is 10.1. The van der Waals surface area contributed by atoms with E-state index in [-0.39, 0.29) is 0 Å². The summed E-state index contributed by atoms with van der Waals surface area (Å²) in [6.07, 6.45) is 4.67. The lowest BCUT2D eigenvalue weighted by molar-refractivity contribution is -0.743. The van der Waals surface area contributed by atoms with E-state index in [0.29, 0.717) is 0 Å². The van der Waals surface area contributed by atoms with Gasteiger partial charge in [-0.25, -0.2) is 0 Å². The highest BCUT2D eigenvalue weighted by Gasteiger charge is 2.17. The third kappa shape index (κ3) is 1.36. The van der Waals surface area contributed by atoms with Crippen LogP contribution in [-0.4, -0.2) is 18.1 Å². The Morgan fingerprint density at radius 2 is 1.44 bits per heavy atom. The smallest absolute Gasteiger partial charge is 0.108 e. The molecule has 0 aliphatic carbocycles. The van der Waals surface area contributed by atoms with Crippen molar-refractivity contribution in [3.05, 3.63) is 46.8 Å². The van der Waals surface area contributed by atoms with E-state index in [2.05, 4.69) is 62.8 Å². The Morgan fingerprint density at radius 3 is 1.88 bits per heavy atom. The zero-order valence-corrected chi connectivity index (χ0v) is 9.77. The van der Waals surface area contributed by atoms with Crippen molar-refractivity contribution in [3.8, 4) is 0 Å². The minimum absolute atomic E-state index is 0.908. The minimum Gasteiger partial charge on any atom is -0.273 e. The minimum atomic E-state index is 0.908. The van der Waals surface area contributed by atoms with Gasteiger partial charge in [0.2, 0.25) is 0 Å². The molecule has 2 aromatic carbocycles. The van der Waals surface area contributed by atoms with Gasteiger partial charge in [0.25, 0.3) is 0 Å². The molecule has 0 saturated carbocycles. The van der Waals surface area contributed by atoms with Gasteiger partial charge in [-0.05, 0) is 29.8 Å². The van der Waals surface area contributed by atoms with Crippen LogP contribution >= 0.6 is 0 Å². The molecule has 0 fully saturated rings. The van der Waals surface area contributed by atoms with Gasteiger partial charge in [-0.1, -0.05) is 24.3 Å². The van der Waals surface area contributed by atoms with E-state index in [4.69, 9.17) is 0 Å². The summed E-state index contributed by atoms with van der Waals surface area (Å²) in [5.41, 5.74) is 0. The first-order chi connectivity index (χ1) is 7.70. The van der Waals surface area contributed by atoms with Crippen molar-refractivity contribution in [2.45, 2.75) is 6.92 Å². The highest BCUT2D eigenvalue weighted by atomic mass is 15.3. The van der Waals surface area contributed by atoms with Crippen molar-refractivity contribution in [1.29, 1.82) is 0 Å². The van der Waals surface area contributed by atoms with Gasteiger partial charge < -0.3 is 0 Å². The monoisotopic (exact) mass is 210 g/mol. The molecule has 1 aliphatic rings. The maximum absolute atomic E-state index is 2.34. The van der Waals surface area contributed by atoms with Crippen LogP contribution in [0, 0.1) is 0 Å². The van der Waals surface area contributed by atoms with Gasteiger partial charge in [0.1, 0.15) is 12.4 Å². The number of benzene rings is 2. The molecule has 16 heavy (non-hydrogen) atoms. The standard InChI is InChI=1S/C15H16N/c1-3-16(2)10-14-8-12-6-4-5-7-13(12)9-15(14)11-16/h4-11H,3H2,1-2H3/q+1. The molecule has 3 rings (SSSR count). The number of rotatable bonds is 1. The summed E-state index contributed by atoms with van der Waals surface area (Å²) in [6.45, 7) is 3.32. The first-order valence-corrected chi connectivity index (χ1v) is 5.80. The number of fused-ring (bicyclic) bond motifs is 2. The zero-order valence-electron chi connectivity index (χ0n) is 9.77. The maximum Gasteiger partial charge on any atom is 0.108 e. The van der Waals surface area contributed by atoms with Crippen LogP contribution < -0.4 is 10.4 Å². The number of nitrogens with zero attached hydrogens (tertiary/aromatic N) is 1. The van der Waals surface area contributed by atoms with Crippen molar-refractivity contribution in [2.75, 3.05) is 13.6 Å². The highest BCUT2D eigenvalue weighted by Crippen LogP contribution is 2.12. The zero-order chi connectivity index (χ0) is 11.2. The molecule has 0 bridgehead atoms. The molecule has 0 spiro atoms. The Bertz CT molecular complexity index is 613. The van der Waals surface area contributed by atoms with Crippen molar-refractivity contribution < 1.29 is 4.48 Å². The predicted octanol–water partition coefficient (Wildman–Crippen LogP) is 1.80. The molecule has 1 nitrogen and oxygen atoms in total. The molecule has 0 N–H and O–H groups in total. The van der Waals surface area contributed by atoms with Gasteiger partial charge >= 0.3 is 0 Å². The van der Waals surface area contributed by atoms with Crippen molar-refractivity contribution in [3.63, 3.8) is 0 Å². The molecule has 0 unspecified atom stereocenters. The second-order valence-electron chi connectivity index (χ2n) is 4.75. The molecule has 0 amide bonds. The number of hydrogen-bond acceptors (Lipinski definition) is 0. The molecule has 0 radical (unpaired) electrons. The van der Waals surface area contributed by atoms with E-state index in [1.54, 1.807) is 0 Å². The lowest BCUT2D eigenvalue weighted by Crippen LogP contribution is -2.29. The molecule has 80 valence electrons. The van der Waals surface area contributed by atoms with Crippen LogP contribution in [0.15, 0.2) is 36.4 Å². The van der Waals surface area contributed by atoms with Gasteiger partial charge in [-0.15, -0.1) is 0 Å². The lowest BCUT2D eigenvalue weighted by Gasteiger charge is -2.20. The van der Waals surface area contributed by atoms with Crippen LogP contribution in [0.1, 0.15) is 6.92 Å². The van der Waals surface area contributed by atoms with E-state index in [9.17, 15) is 0 Å². The van der Waals surface area contributed by atoms with Crippen LogP contribution in [-0.2, 0) is 0 Å². The van der Waals surface area contributed by atoms with E-state index in [0.717, 1.165) is 11.0 Å². The SMILES string of the molecule is CC[N+]1(C)C=c2cc3ccccc3cc2=C1. The Kier molecular flexibility index (Phi) is 1.92. The molecule has 0 aromatic heterocycles. The Morgan fingerprint density at radius 1 is 0.938 bits per heavy atom. The molecular weight excluding hydrogens is 194 g/mol. The van der Waals surface area contributed by atoms with Gasteiger partial charge in [0, 0.05) is 10.4 Å². The Balaban J connectivity index is 2.38. The van der Waals surface area contributed by atoms with Gasteiger partial charge in [0.05, 0.1) is 13.6 Å². The summed E-state index contributed by atoms with van der Waals surface area (Å²) in [7, 11) is 2.24. The third-order valence-electron chi connectivity index (χ3n) is 3.50. The first kappa shape index (κ1) is 9.61. The van der Waals surface area contributed by atoms with Crippen LogP contribution in [0.4, 0.5) is 0 Å². The number of hydrogen-bond donors (Lipinski definition) is 0. The molecule has 1 heterocycles. The topological polar surface area (TPSA) is 0 Å². The summed E-state index contributed by atoms with van der Waals surface area (Å²) in [4.78, 5) is 0. The fourth-order valence-electron chi connectivity index (χ4n) is 2.35. The molecule has 0 atom stereocenters. The average Bonchev–Trinajstić information content (AvgIpc) is 2.62. The second-order valence-corrected chi connectivity index (χ2v) is 4.75. The van der Waals surface area contributed by atoms with Gasteiger partial charge in [-0.2, -0.15) is 0 Å². The van der Waals surface area contributed by atoms with Crippen LogP contribution in [0.25, 0.3) is 23.2 Å². The van der Waals surface area contributed by atoms with Crippen LogP contribution in [0.5, 0.6) is 0 Å². The quantitative estimate of drug-likeness (QED) is 0.630. The van der Waals surface area contributed by atoms with Gasteiger partial charge in [0.15, 0.2) is 0 Å². The summed E-state index contributed by atoms with van der Waals surface area (Å²) in [5.74, 6) is 0. The fraction of sp³-hybridized carbons (Fsp3) is 0.200. The molecule has 1 heteroatoms. The fourth-order valence-corrected chi connectivity index (χ4v) is 2.35. The maximum atomic E-state index is 2.34. The van der Waals surface area contributed by atoms with Crippen LogP contribution in [0.2, 0.25) is 0 Å². The van der Waals surface area contributed by atoms with E-state index >= 15 is 0 Å². The Hall–Kier alpha value is -1.60. The molecule has 0 saturated heterocycles. The number of quaternary nitrogens is 1. The van der Waals surface area contributed by atoms with E-state index in [1.807, 2.05) is 0 Å². The van der Waals surface area contributed by atoms with Gasteiger partial charge in [-0.3, -0.25) is 4.48 Å². The average molecular weight is 210 g/mol. The molecular formula is C15H16N+. The van der Waals surface area contributed by atoms with Crippen molar-refractivity contribution >= 4 is 23.2 Å². The van der Waals surface area contributed by atoms with Crippen LogP contribution in [0.3, 0.4) is 0 Å². The highest BCUT2D eigenvalue weighted by molar-refractivity contribution is 5.82. The summed E-state index contributed by atoms with van der Waals surface area (Å²) in [5, 5.41) is 5.39. The third-order valence-corrected chi connectivity index (χ3v) is 3.50. The van der Waals surface area contributed by atoms with E-state index in [1.165, 1.54) is 21.2 Å². The molecule has 1 aliphatic heterocycles. The van der Waals surface area contributed by atoms with E-state index < -0.39 is 0 Å². The summed E-state index contributed by atoms with van der Waals surface area (Å²) < 4.78 is 0.908. The predicted molar refractivity (Wildman–Crippen MR) is 68.9 cm³/mol. The second kappa shape index (κ2) is 3.19.